The largest absolute Gasteiger partial charge is 0.369 e. The van der Waals surface area contributed by atoms with E-state index in [2.05, 4.69) is 29.1 Å². The molecule has 0 aromatic carbocycles. The highest BCUT2D eigenvalue weighted by atomic mass is 16.1. The highest BCUT2D eigenvalue weighted by molar-refractivity contribution is 6.00. The Hall–Kier alpha value is -2.24. The zero-order valence-corrected chi connectivity index (χ0v) is 14.2. The zero-order chi connectivity index (χ0) is 17.4. The Bertz CT molecular complexity index is 495. The molecule has 1 rings (SSSR count). The summed E-state index contributed by atoms with van der Waals surface area (Å²) in [6.07, 6.45) is 8.34. The molecule has 0 amide bonds. The van der Waals surface area contributed by atoms with Gasteiger partial charge in [-0.05, 0) is 13.3 Å². The van der Waals surface area contributed by atoms with Crippen LogP contribution >= 0.6 is 0 Å². The maximum Gasteiger partial charge on any atom is 0.290 e. The van der Waals surface area contributed by atoms with Crippen molar-refractivity contribution >= 4 is 18.3 Å². The molecule has 6 nitrogen and oxygen atoms in total. The summed E-state index contributed by atoms with van der Waals surface area (Å²) in [7, 11) is 1.68. The average Bonchev–Trinajstić information content (AvgIpc) is 2.57. The Morgan fingerprint density at radius 1 is 1.36 bits per heavy atom. The average molecular weight is 308 g/mol. The summed E-state index contributed by atoms with van der Waals surface area (Å²) < 4.78 is 0. The normalized spacial score (nSPS) is 9.59. The Balaban J connectivity index is 0. The number of nitrogens with zero attached hydrogens (tertiary/aromatic N) is 1. The van der Waals surface area contributed by atoms with Gasteiger partial charge < -0.3 is 15.7 Å². The van der Waals surface area contributed by atoms with Crippen LogP contribution < -0.4 is 10.9 Å². The van der Waals surface area contributed by atoms with Gasteiger partial charge in [-0.1, -0.05) is 39.7 Å². The summed E-state index contributed by atoms with van der Waals surface area (Å²) in [5, 5.41) is 9.25. The lowest BCUT2D eigenvalue weighted by Gasteiger charge is -1.98. The Morgan fingerprint density at radius 2 is 1.95 bits per heavy atom. The van der Waals surface area contributed by atoms with Crippen molar-refractivity contribution in [1.29, 1.82) is 5.41 Å². The minimum Gasteiger partial charge on any atom is -0.369 e. The third-order valence-electron chi connectivity index (χ3n) is 2.58. The SMILES string of the molecule is C/C=C(\C=N)C=O.CCCC.CCc1c[nH]c(=O)c(NC)n1. The molecule has 0 radical (unpaired) electrons. The first-order chi connectivity index (χ1) is 10.5. The van der Waals surface area contributed by atoms with Crippen LogP contribution in [0.15, 0.2) is 22.6 Å². The molecule has 0 bridgehead atoms. The molecule has 0 aliphatic rings. The van der Waals surface area contributed by atoms with E-state index in [1.807, 2.05) is 6.92 Å². The molecule has 0 atom stereocenters. The number of aldehydes is 1. The minimum absolute atomic E-state index is 0.176. The molecule has 124 valence electrons. The predicted octanol–water partition coefficient (Wildman–Crippen LogP) is 2.96. The van der Waals surface area contributed by atoms with Crippen LogP contribution in [0, 0.1) is 5.41 Å². The smallest absolute Gasteiger partial charge is 0.290 e. The van der Waals surface area contributed by atoms with E-state index in [9.17, 15) is 9.59 Å². The van der Waals surface area contributed by atoms with Gasteiger partial charge in [0.15, 0.2) is 12.1 Å². The molecule has 1 aromatic heterocycles. The van der Waals surface area contributed by atoms with Crippen LogP contribution in [0.25, 0.3) is 0 Å². The number of carbonyl (C=O) groups is 1. The molecule has 22 heavy (non-hydrogen) atoms. The minimum atomic E-state index is -0.176. The van der Waals surface area contributed by atoms with Crippen LogP contribution in [0.5, 0.6) is 0 Å². The lowest BCUT2D eigenvalue weighted by Crippen LogP contribution is -2.14. The van der Waals surface area contributed by atoms with Gasteiger partial charge in [0.25, 0.3) is 5.56 Å². The van der Waals surface area contributed by atoms with E-state index in [1.54, 1.807) is 26.2 Å². The summed E-state index contributed by atoms with van der Waals surface area (Å²) >= 11 is 0. The fourth-order valence-electron chi connectivity index (χ4n) is 0.980. The molecule has 1 heterocycles. The number of anilines is 1. The van der Waals surface area contributed by atoms with E-state index in [-0.39, 0.29) is 5.56 Å². The third-order valence-corrected chi connectivity index (χ3v) is 2.58. The van der Waals surface area contributed by atoms with Crippen molar-refractivity contribution in [2.45, 2.75) is 47.0 Å². The van der Waals surface area contributed by atoms with Gasteiger partial charge in [0.05, 0.1) is 5.69 Å². The van der Waals surface area contributed by atoms with Gasteiger partial charge in [-0.2, -0.15) is 0 Å². The number of hydrogen-bond donors (Lipinski definition) is 3. The summed E-state index contributed by atoms with van der Waals surface area (Å²) in [4.78, 5) is 27.3. The molecule has 1 aromatic rings. The third kappa shape index (κ3) is 10.5. The van der Waals surface area contributed by atoms with Crippen molar-refractivity contribution < 1.29 is 4.79 Å². The highest BCUT2D eigenvalue weighted by Crippen LogP contribution is 1.95. The van der Waals surface area contributed by atoms with E-state index >= 15 is 0 Å². The van der Waals surface area contributed by atoms with Crippen molar-refractivity contribution in [1.82, 2.24) is 9.97 Å². The van der Waals surface area contributed by atoms with Gasteiger partial charge in [0.1, 0.15) is 0 Å². The number of hydrogen-bond acceptors (Lipinski definition) is 5. The van der Waals surface area contributed by atoms with Crippen molar-refractivity contribution in [2.75, 3.05) is 12.4 Å². The Morgan fingerprint density at radius 3 is 2.23 bits per heavy atom. The lowest BCUT2D eigenvalue weighted by molar-refractivity contribution is -0.104. The first-order valence-corrected chi connectivity index (χ1v) is 7.42. The first kappa shape index (κ1) is 22.0. The topological polar surface area (TPSA) is 98.7 Å². The fourth-order valence-corrected chi connectivity index (χ4v) is 0.980. The maximum absolute atomic E-state index is 10.9. The van der Waals surface area contributed by atoms with Crippen LogP contribution in [0.1, 0.15) is 46.2 Å². The van der Waals surface area contributed by atoms with Gasteiger partial charge in [-0.3, -0.25) is 9.59 Å². The van der Waals surface area contributed by atoms with Crippen molar-refractivity contribution in [3.8, 4) is 0 Å². The summed E-state index contributed by atoms with van der Waals surface area (Å²) in [6.45, 7) is 8.06. The second kappa shape index (κ2) is 15.2. The number of carbonyl (C=O) groups excluding carboxylic acids is 1. The monoisotopic (exact) mass is 308 g/mol. The van der Waals surface area contributed by atoms with Crippen molar-refractivity contribution in [3.63, 3.8) is 0 Å². The van der Waals surface area contributed by atoms with Crippen LogP contribution in [0.3, 0.4) is 0 Å². The quantitative estimate of drug-likeness (QED) is 0.442. The van der Waals surface area contributed by atoms with Crippen LogP contribution in [-0.2, 0) is 11.2 Å². The molecule has 6 heteroatoms. The molecule has 0 fully saturated rings. The van der Waals surface area contributed by atoms with Crippen LogP contribution in [0.4, 0.5) is 5.82 Å². The number of rotatable bonds is 5. The van der Waals surface area contributed by atoms with E-state index in [0.717, 1.165) is 18.3 Å². The first-order valence-electron chi connectivity index (χ1n) is 7.42. The predicted molar refractivity (Wildman–Crippen MR) is 93.0 cm³/mol. The number of H-pyrrole nitrogens is 1. The van der Waals surface area contributed by atoms with E-state index in [1.165, 1.54) is 12.8 Å². The van der Waals surface area contributed by atoms with E-state index in [4.69, 9.17) is 5.41 Å². The van der Waals surface area contributed by atoms with Crippen LogP contribution in [0.2, 0.25) is 0 Å². The van der Waals surface area contributed by atoms with Gasteiger partial charge in [-0.25, -0.2) is 4.98 Å². The number of aryl methyl sites for hydroxylation is 1. The lowest BCUT2D eigenvalue weighted by atomic mass is 10.3. The number of aromatic amines is 1. The van der Waals surface area contributed by atoms with E-state index in [0.29, 0.717) is 17.7 Å². The maximum atomic E-state index is 10.9. The van der Waals surface area contributed by atoms with Crippen molar-refractivity contribution in [3.05, 3.63) is 33.9 Å². The molecule has 0 spiro atoms. The molecule has 3 N–H and O–H groups in total. The molecular formula is C16H28N4O2. The molecule has 0 unspecified atom stereocenters. The molecule has 0 aliphatic carbocycles. The Kier molecular flexibility index (Phi) is 15.2. The zero-order valence-electron chi connectivity index (χ0n) is 14.2. The second-order valence-corrected chi connectivity index (χ2v) is 4.22. The Labute approximate surface area is 132 Å². The highest BCUT2D eigenvalue weighted by Gasteiger charge is 1.98. The van der Waals surface area contributed by atoms with E-state index < -0.39 is 0 Å². The number of allylic oxidation sites excluding steroid dienone is 2. The number of unbranched alkanes of at least 4 members (excludes halogenated alkanes) is 1. The second-order valence-electron chi connectivity index (χ2n) is 4.22. The van der Waals surface area contributed by atoms with Crippen LogP contribution in [-0.4, -0.2) is 29.5 Å². The van der Waals surface area contributed by atoms with Gasteiger partial charge in [0, 0.05) is 25.0 Å². The number of aromatic nitrogens is 2. The molecule has 0 aliphatic heterocycles. The van der Waals surface area contributed by atoms with Gasteiger partial charge >= 0.3 is 0 Å². The van der Waals surface area contributed by atoms with Crippen molar-refractivity contribution in [2.24, 2.45) is 0 Å². The summed E-state index contributed by atoms with van der Waals surface area (Å²) in [5.41, 5.74) is 1.12. The number of nitrogens with one attached hydrogen (secondary N) is 3. The van der Waals surface area contributed by atoms with Gasteiger partial charge in [0.2, 0.25) is 0 Å². The standard InChI is InChI=1S/C7H11N3O.C5H7NO.C4H10/c1-3-5-4-9-7(11)6(8-2)10-5;1-2-5(3-6)4-7;1-3-4-2/h4H,3H2,1-2H3,(H,8,10)(H,9,11);2-4,6H,1H3;3-4H2,1-2H3/b;5-2+,6-3?;. The molecule has 0 saturated heterocycles. The molecule has 0 saturated carbocycles. The summed E-state index contributed by atoms with van der Waals surface area (Å²) in [5.74, 6) is 0.379. The fraction of sp³-hybridized carbons (Fsp3) is 0.500. The van der Waals surface area contributed by atoms with Gasteiger partial charge in [-0.15, -0.1) is 0 Å². The summed E-state index contributed by atoms with van der Waals surface area (Å²) in [6, 6.07) is 0. The molecular weight excluding hydrogens is 280 g/mol.